The first kappa shape index (κ1) is 23.5. The first-order valence-electron chi connectivity index (χ1n) is 10.7. The minimum atomic E-state index is -3.55. The van der Waals surface area contributed by atoms with E-state index >= 15 is 0 Å². The molecule has 2 aliphatic heterocycles. The van der Waals surface area contributed by atoms with Gasteiger partial charge in [-0.25, -0.2) is 23.4 Å². The Morgan fingerprint density at radius 1 is 0.971 bits per heavy atom. The molecule has 0 radical (unpaired) electrons. The van der Waals surface area contributed by atoms with Crippen LogP contribution >= 0.6 is 34.8 Å². The van der Waals surface area contributed by atoms with Gasteiger partial charge >= 0.3 is 0 Å². The van der Waals surface area contributed by atoms with Crippen molar-refractivity contribution in [3.05, 3.63) is 51.4 Å². The second-order valence-electron chi connectivity index (χ2n) is 8.19. The van der Waals surface area contributed by atoms with Crippen LogP contribution in [0.1, 0.15) is 36.7 Å². The van der Waals surface area contributed by atoms with Crippen LogP contribution in [-0.4, -0.2) is 52.2 Å². The highest BCUT2D eigenvalue weighted by molar-refractivity contribution is 7.91. The van der Waals surface area contributed by atoms with E-state index in [-0.39, 0.29) is 32.4 Å². The number of hydrogen-bond acceptors (Lipinski definition) is 9. The van der Waals surface area contributed by atoms with E-state index in [2.05, 4.69) is 35.1 Å². The lowest BCUT2D eigenvalue weighted by atomic mass is 9.96. The number of rotatable bonds is 4. The molecule has 5 rings (SSSR count). The Labute approximate surface area is 211 Å². The molecule has 178 valence electrons. The minimum absolute atomic E-state index is 0.0433. The molecule has 34 heavy (non-hydrogen) atoms. The maximum Gasteiger partial charge on any atom is 0.227 e. The Kier molecular flexibility index (Phi) is 6.49. The number of hydrogen-bond donors (Lipinski definition) is 1. The quantitative estimate of drug-likeness (QED) is 0.512. The smallest absolute Gasteiger partial charge is 0.227 e. The second kappa shape index (κ2) is 9.41. The summed E-state index contributed by atoms with van der Waals surface area (Å²) in [7, 11) is -3.55. The number of sulfone groups is 1. The average Bonchev–Trinajstić information content (AvgIpc) is 2.81. The van der Waals surface area contributed by atoms with Gasteiger partial charge < -0.3 is 10.2 Å². The zero-order valence-corrected chi connectivity index (χ0v) is 21.0. The van der Waals surface area contributed by atoms with Gasteiger partial charge in [-0.05, 0) is 25.7 Å². The van der Waals surface area contributed by atoms with Crippen molar-refractivity contribution in [2.75, 3.05) is 29.1 Å². The molecule has 0 atom stereocenters. The second-order valence-corrected chi connectivity index (χ2v) is 11.5. The number of anilines is 3. The van der Waals surface area contributed by atoms with Gasteiger partial charge in [-0.15, -0.1) is 0 Å². The monoisotopic (exact) mass is 539 g/mol. The van der Waals surface area contributed by atoms with Gasteiger partial charge in [0.15, 0.2) is 15.7 Å². The van der Waals surface area contributed by atoms with E-state index in [4.69, 9.17) is 34.8 Å². The Hall–Kier alpha value is -2.27. The third-order valence-electron chi connectivity index (χ3n) is 5.94. The summed E-state index contributed by atoms with van der Waals surface area (Å²) in [5.41, 5.74) is 0.854. The third kappa shape index (κ3) is 4.64. The molecular formula is C21H20Cl3N7O2S. The normalized spacial score (nSPS) is 17.9. The maximum atomic E-state index is 12.9. The highest BCUT2D eigenvalue weighted by Gasteiger charge is 2.32. The Balaban J connectivity index is 1.47. The highest BCUT2D eigenvalue weighted by Crippen LogP contribution is 2.37. The summed E-state index contributed by atoms with van der Waals surface area (Å²) in [6.07, 6.45) is 8.76. The van der Waals surface area contributed by atoms with E-state index < -0.39 is 9.84 Å². The molecule has 0 amide bonds. The van der Waals surface area contributed by atoms with Crippen LogP contribution in [-0.2, 0) is 16.3 Å². The van der Waals surface area contributed by atoms with Crippen molar-refractivity contribution in [3.63, 3.8) is 0 Å². The zero-order chi connectivity index (χ0) is 23.9. The van der Waals surface area contributed by atoms with Gasteiger partial charge in [0.1, 0.15) is 10.7 Å². The fraction of sp³-hybridized carbons (Fsp3) is 0.381. The topological polar surface area (TPSA) is 114 Å². The van der Waals surface area contributed by atoms with Gasteiger partial charge in [-0.1, -0.05) is 34.8 Å². The molecule has 2 aliphatic rings. The Morgan fingerprint density at radius 3 is 2.32 bits per heavy atom. The van der Waals surface area contributed by atoms with Gasteiger partial charge in [-0.3, -0.25) is 4.98 Å². The van der Waals surface area contributed by atoms with Crippen molar-refractivity contribution in [2.24, 2.45) is 0 Å². The number of fused-ring (bicyclic) bond motifs is 1. The highest BCUT2D eigenvalue weighted by atomic mass is 35.5. The predicted octanol–water partition coefficient (Wildman–Crippen LogP) is 4.47. The molecule has 1 saturated heterocycles. The molecule has 5 heterocycles. The number of aryl methyl sites for hydroxylation is 1. The van der Waals surface area contributed by atoms with E-state index in [1.165, 1.54) is 12.4 Å². The van der Waals surface area contributed by atoms with Crippen molar-refractivity contribution in [1.29, 1.82) is 0 Å². The van der Waals surface area contributed by atoms with Crippen molar-refractivity contribution in [3.8, 4) is 0 Å². The summed E-state index contributed by atoms with van der Waals surface area (Å²) in [6.45, 7) is 1.36. The molecule has 0 aliphatic carbocycles. The summed E-state index contributed by atoms with van der Waals surface area (Å²) in [6, 6.07) is 0. The average molecular weight is 541 g/mol. The molecule has 0 unspecified atom stereocenters. The van der Waals surface area contributed by atoms with Crippen LogP contribution in [0.3, 0.4) is 0 Å². The fourth-order valence-electron chi connectivity index (χ4n) is 4.26. The number of nitrogens with zero attached hydrogens (tertiary/aromatic N) is 6. The molecule has 9 nitrogen and oxygen atoms in total. The Morgan fingerprint density at radius 2 is 1.65 bits per heavy atom. The van der Waals surface area contributed by atoms with Gasteiger partial charge in [0, 0.05) is 43.8 Å². The third-order valence-corrected chi connectivity index (χ3v) is 8.59. The Bertz CT molecular complexity index is 1310. The van der Waals surface area contributed by atoms with Crippen LogP contribution in [0.5, 0.6) is 0 Å². The summed E-state index contributed by atoms with van der Waals surface area (Å²) in [5, 5.41) is 4.08. The summed E-state index contributed by atoms with van der Waals surface area (Å²) in [4.78, 5) is 24.1. The first-order chi connectivity index (χ1) is 16.3. The molecule has 0 saturated carbocycles. The van der Waals surface area contributed by atoms with Crippen LogP contribution in [0.15, 0.2) is 29.7 Å². The maximum absolute atomic E-state index is 12.9. The molecular weight excluding hydrogens is 521 g/mol. The van der Waals surface area contributed by atoms with Gasteiger partial charge in [0.2, 0.25) is 5.95 Å². The first-order valence-corrected chi connectivity index (χ1v) is 13.5. The SMILES string of the molecule is O=S1(=O)CCCc2nc(N3CCC(c4ncc(Cl)cn4)CC3)nc(Nc3c(Cl)cncc3Cl)c21. The number of pyridine rings is 1. The molecule has 1 N–H and O–H groups in total. The summed E-state index contributed by atoms with van der Waals surface area (Å²) < 4.78 is 25.9. The molecule has 0 spiro atoms. The lowest BCUT2D eigenvalue weighted by Gasteiger charge is -2.32. The predicted molar refractivity (Wildman–Crippen MR) is 131 cm³/mol. The molecule has 0 bridgehead atoms. The number of aromatic nitrogens is 5. The van der Waals surface area contributed by atoms with E-state index in [1.807, 2.05) is 0 Å². The van der Waals surface area contributed by atoms with Crippen molar-refractivity contribution in [1.82, 2.24) is 24.9 Å². The number of halogens is 3. The number of nitrogens with one attached hydrogen (secondary N) is 1. The lowest BCUT2D eigenvalue weighted by Crippen LogP contribution is -2.35. The van der Waals surface area contributed by atoms with Gasteiger partial charge in [0.25, 0.3) is 0 Å². The molecule has 13 heteroatoms. The molecule has 0 aromatic carbocycles. The van der Waals surface area contributed by atoms with Crippen LogP contribution < -0.4 is 10.2 Å². The number of piperidine rings is 1. The summed E-state index contributed by atoms with van der Waals surface area (Å²) in [5.74, 6) is 1.67. The van der Waals surface area contributed by atoms with Crippen LogP contribution in [0.4, 0.5) is 17.5 Å². The van der Waals surface area contributed by atoms with Crippen molar-refractivity contribution >= 4 is 62.1 Å². The van der Waals surface area contributed by atoms with Gasteiger partial charge in [-0.2, -0.15) is 4.98 Å². The largest absolute Gasteiger partial charge is 0.341 e. The van der Waals surface area contributed by atoms with E-state index in [1.54, 1.807) is 12.4 Å². The summed E-state index contributed by atoms with van der Waals surface area (Å²) >= 11 is 18.5. The molecule has 3 aromatic heterocycles. The van der Waals surface area contributed by atoms with Crippen molar-refractivity contribution in [2.45, 2.75) is 36.5 Å². The van der Waals surface area contributed by atoms with E-state index in [0.29, 0.717) is 48.3 Å². The van der Waals surface area contributed by atoms with Crippen molar-refractivity contribution < 1.29 is 8.42 Å². The lowest BCUT2D eigenvalue weighted by molar-refractivity contribution is 0.479. The fourth-order valence-corrected chi connectivity index (χ4v) is 6.44. The standard InChI is InChI=1S/C21H20Cl3N7O2S/c22-13-8-26-19(27-9-13)12-3-5-31(6-4-12)21-28-16-2-1-7-34(32,33)18(16)20(30-21)29-17-14(23)10-25-11-15(17)24/h8-12H,1-7H2,(H,25,28,29,30). The van der Waals surface area contributed by atoms with Crippen LogP contribution in [0.2, 0.25) is 15.1 Å². The van der Waals surface area contributed by atoms with Crippen LogP contribution in [0, 0.1) is 0 Å². The molecule has 1 fully saturated rings. The minimum Gasteiger partial charge on any atom is -0.341 e. The molecule has 3 aromatic rings. The van der Waals surface area contributed by atoms with Crippen LogP contribution in [0.25, 0.3) is 0 Å². The van der Waals surface area contributed by atoms with E-state index in [0.717, 1.165) is 18.7 Å². The van der Waals surface area contributed by atoms with E-state index in [9.17, 15) is 8.42 Å². The van der Waals surface area contributed by atoms with Gasteiger partial charge in [0.05, 0.1) is 32.2 Å². The zero-order valence-electron chi connectivity index (χ0n) is 17.9.